The minimum Gasteiger partial charge on any atom is -0.355 e. The molecule has 0 aliphatic rings. The van der Waals surface area contributed by atoms with Gasteiger partial charge in [0.25, 0.3) is 5.91 Å². The first kappa shape index (κ1) is 9.65. The fraction of sp³-hybridized carbons (Fsp3) is 0.333. The topological polar surface area (TPSA) is 29.1 Å². The van der Waals surface area contributed by atoms with Crippen molar-refractivity contribution in [2.75, 3.05) is 7.05 Å². The van der Waals surface area contributed by atoms with Gasteiger partial charge in [0.05, 0.1) is 4.91 Å². The van der Waals surface area contributed by atoms with Crippen LogP contribution in [0.4, 0.5) is 0 Å². The molecular formula is C6H9NOS2. The number of thiocarbonyl (C=S) groups is 1. The molecule has 0 atom stereocenters. The monoisotopic (exact) mass is 175 g/mol. The van der Waals surface area contributed by atoms with E-state index in [4.69, 9.17) is 0 Å². The molecule has 0 aliphatic carbocycles. The van der Waals surface area contributed by atoms with Gasteiger partial charge in [-0.1, -0.05) is 30.1 Å². The van der Waals surface area contributed by atoms with Crippen LogP contribution in [0.15, 0.2) is 11.0 Å². The molecule has 0 aromatic heterocycles. The van der Waals surface area contributed by atoms with E-state index in [9.17, 15) is 4.79 Å². The molecule has 0 saturated heterocycles. The number of carbonyl (C=O) groups is 1. The van der Waals surface area contributed by atoms with Crippen molar-refractivity contribution < 1.29 is 4.79 Å². The number of nitrogens with one attached hydrogen (secondary N) is 1. The molecule has 0 aromatic rings. The van der Waals surface area contributed by atoms with Gasteiger partial charge in [-0.05, 0) is 6.92 Å². The van der Waals surface area contributed by atoms with Crippen molar-refractivity contribution in [3.63, 3.8) is 0 Å². The van der Waals surface area contributed by atoms with E-state index >= 15 is 0 Å². The highest BCUT2D eigenvalue weighted by Crippen LogP contribution is 2.11. The Hall–Kier alpha value is -0.350. The summed E-state index contributed by atoms with van der Waals surface area (Å²) in [6.07, 6.45) is 1.73. The fourth-order valence-electron chi connectivity index (χ4n) is 0.428. The third-order valence-electron chi connectivity index (χ3n) is 0.888. The molecule has 0 aromatic carbocycles. The van der Waals surface area contributed by atoms with Crippen LogP contribution in [0.5, 0.6) is 0 Å². The van der Waals surface area contributed by atoms with E-state index in [1.807, 2.05) is 0 Å². The summed E-state index contributed by atoms with van der Waals surface area (Å²) in [5.74, 6) is -0.0893. The predicted octanol–water partition coefficient (Wildman–Crippen LogP) is 1.33. The third-order valence-corrected chi connectivity index (χ3v) is 1.95. The van der Waals surface area contributed by atoms with Gasteiger partial charge in [0.1, 0.15) is 0 Å². The van der Waals surface area contributed by atoms with E-state index in [1.165, 1.54) is 16.5 Å². The Balaban J connectivity index is 4.08. The van der Waals surface area contributed by atoms with Gasteiger partial charge in [0.2, 0.25) is 0 Å². The second-order valence-electron chi connectivity index (χ2n) is 1.45. The van der Waals surface area contributed by atoms with Crippen molar-refractivity contribution in [2.45, 2.75) is 6.92 Å². The number of thioether (sulfide) groups is 1. The first-order valence-corrected chi connectivity index (χ1v) is 4.10. The summed E-state index contributed by atoms with van der Waals surface area (Å²) in [5, 5.41) is 2.51. The molecule has 0 spiro atoms. The van der Waals surface area contributed by atoms with Crippen LogP contribution in [0.25, 0.3) is 0 Å². The Labute approximate surface area is 70.1 Å². The van der Waals surface area contributed by atoms with Crippen LogP contribution in [0, 0.1) is 0 Å². The van der Waals surface area contributed by atoms with E-state index in [-0.39, 0.29) is 5.91 Å². The summed E-state index contributed by atoms with van der Waals surface area (Å²) in [6, 6.07) is 0. The summed E-state index contributed by atoms with van der Waals surface area (Å²) < 4.78 is 1.46. The molecule has 4 heteroatoms. The zero-order valence-electron chi connectivity index (χ0n) is 5.88. The molecule has 0 radical (unpaired) electrons. The van der Waals surface area contributed by atoms with Gasteiger partial charge in [-0.15, -0.1) is 0 Å². The van der Waals surface area contributed by atoms with Crippen LogP contribution in [0.3, 0.4) is 0 Å². The standard InChI is InChI=1S/C6H9NOS2/c1-3-5(10-4-9)6(8)7-2/h3-4H,1-2H3,(H,7,8)/b5-3-. The number of hydrogen-bond acceptors (Lipinski definition) is 3. The molecule has 0 aliphatic heterocycles. The van der Waals surface area contributed by atoms with Gasteiger partial charge in [-0.3, -0.25) is 4.79 Å². The SMILES string of the molecule is C/C=C(\SC=S)C(=O)NC. The lowest BCUT2D eigenvalue weighted by molar-refractivity contribution is -0.116. The van der Waals surface area contributed by atoms with Crippen molar-refractivity contribution in [1.29, 1.82) is 0 Å². The molecule has 1 amide bonds. The number of likely N-dealkylation sites (N-methyl/N-ethyl adjacent to an activating group) is 1. The van der Waals surface area contributed by atoms with E-state index in [1.54, 1.807) is 20.0 Å². The average Bonchev–Trinajstić information content (AvgIpc) is 1.99. The second kappa shape index (κ2) is 5.44. The summed E-state index contributed by atoms with van der Waals surface area (Å²) in [6.45, 7) is 1.80. The predicted molar refractivity (Wildman–Crippen MR) is 49.1 cm³/mol. The fourth-order valence-corrected chi connectivity index (χ4v) is 1.19. The van der Waals surface area contributed by atoms with Gasteiger partial charge in [-0.25, -0.2) is 0 Å². The van der Waals surface area contributed by atoms with E-state index in [0.717, 1.165) is 0 Å². The zero-order valence-corrected chi connectivity index (χ0v) is 7.51. The van der Waals surface area contributed by atoms with Gasteiger partial charge in [0.15, 0.2) is 0 Å². The van der Waals surface area contributed by atoms with Gasteiger partial charge in [-0.2, -0.15) is 0 Å². The summed E-state index contributed by atoms with van der Waals surface area (Å²) in [5.41, 5.74) is 0. The molecule has 0 heterocycles. The Morgan fingerprint density at radius 3 is 2.60 bits per heavy atom. The molecule has 56 valence electrons. The molecule has 2 nitrogen and oxygen atoms in total. The lowest BCUT2D eigenvalue weighted by atomic mass is 10.5. The van der Waals surface area contributed by atoms with Crippen LogP contribution >= 0.6 is 24.0 Å². The first-order chi connectivity index (χ1) is 4.76. The van der Waals surface area contributed by atoms with Crippen molar-refractivity contribution in [3.05, 3.63) is 11.0 Å². The maximum Gasteiger partial charge on any atom is 0.257 e. The van der Waals surface area contributed by atoms with Crippen molar-refractivity contribution >= 4 is 34.6 Å². The number of allylic oxidation sites excluding steroid dienone is 1. The van der Waals surface area contributed by atoms with Crippen molar-refractivity contribution in [1.82, 2.24) is 5.32 Å². The van der Waals surface area contributed by atoms with Gasteiger partial charge < -0.3 is 5.32 Å². The molecule has 1 N–H and O–H groups in total. The van der Waals surface area contributed by atoms with Crippen molar-refractivity contribution in [2.24, 2.45) is 0 Å². The molecule has 0 bridgehead atoms. The minimum atomic E-state index is -0.0893. The number of amides is 1. The first-order valence-electron chi connectivity index (χ1n) is 2.75. The Bertz CT molecular complexity index is 165. The van der Waals surface area contributed by atoms with Gasteiger partial charge in [0, 0.05) is 11.7 Å². The molecule has 0 unspecified atom stereocenters. The van der Waals surface area contributed by atoms with Crippen LogP contribution in [-0.2, 0) is 4.79 Å². The average molecular weight is 175 g/mol. The Morgan fingerprint density at radius 2 is 2.30 bits per heavy atom. The van der Waals surface area contributed by atoms with E-state index in [0.29, 0.717) is 4.91 Å². The summed E-state index contributed by atoms with van der Waals surface area (Å²) >= 11 is 5.83. The van der Waals surface area contributed by atoms with Crippen LogP contribution in [0.1, 0.15) is 6.92 Å². The Morgan fingerprint density at radius 1 is 1.70 bits per heavy atom. The maximum absolute atomic E-state index is 10.9. The number of hydrogen-bond donors (Lipinski definition) is 1. The van der Waals surface area contributed by atoms with E-state index < -0.39 is 0 Å². The lowest BCUT2D eigenvalue weighted by Crippen LogP contribution is -2.18. The molecule has 0 rings (SSSR count). The summed E-state index contributed by atoms with van der Waals surface area (Å²) in [4.78, 5) is 11.5. The molecular weight excluding hydrogens is 166 g/mol. The summed E-state index contributed by atoms with van der Waals surface area (Å²) in [7, 11) is 1.59. The van der Waals surface area contributed by atoms with Crippen LogP contribution < -0.4 is 5.32 Å². The second-order valence-corrected chi connectivity index (χ2v) is 2.89. The van der Waals surface area contributed by atoms with Crippen LogP contribution in [0.2, 0.25) is 0 Å². The maximum atomic E-state index is 10.9. The molecule has 0 fully saturated rings. The minimum absolute atomic E-state index is 0.0893. The Kier molecular flexibility index (Phi) is 5.25. The number of rotatable bonds is 3. The van der Waals surface area contributed by atoms with E-state index in [2.05, 4.69) is 17.5 Å². The van der Waals surface area contributed by atoms with Crippen LogP contribution in [-0.4, -0.2) is 17.7 Å². The van der Waals surface area contributed by atoms with Gasteiger partial charge >= 0.3 is 0 Å². The van der Waals surface area contributed by atoms with Crippen molar-refractivity contribution in [3.8, 4) is 0 Å². The smallest absolute Gasteiger partial charge is 0.257 e. The molecule has 10 heavy (non-hydrogen) atoms. The quantitative estimate of drug-likeness (QED) is 0.518. The highest BCUT2D eigenvalue weighted by molar-refractivity contribution is 8.23. The highest BCUT2D eigenvalue weighted by Gasteiger charge is 2.03. The zero-order chi connectivity index (χ0) is 7.98. The highest BCUT2D eigenvalue weighted by atomic mass is 32.2. The normalized spacial score (nSPS) is 10.8. The lowest BCUT2D eigenvalue weighted by Gasteiger charge is -1.98. The molecule has 0 saturated carbocycles. The number of carbonyl (C=O) groups excluding carboxylic acids is 1. The largest absolute Gasteiger partial charge is 0.355 e. The third kappa shape index (κ3) is 2.98.